The number of hydrogen-bond acceptors (Lipinski definition) is 6. The SMILES string of the molecule is Nc1cc(-c2ccccc2)[nH]n1.Nc1nc2n[nH]c(-c3ccccc3)c2s1. The molecule has 0 bridgehead atoms. The van der Waals surface area contributed by atoms with Crippen molar-refractivity contribution in [1.82, 2.24) is 25.4 Å². The van der Waals surface area contributed by atoms with Crippen LogP contribution in [0.1, 0.15) is 0 Å². The highest BCUT2D eigenvalue weighted by atomic mass is 32.1. The van der Waals surface area contributed by atoms with Gasteiger partial charge in [0.05, 0.1) is 11.4 Å². The lowest BCUT2D eigenvalue weighted by atomic mass is 10.2. The first-order chi connectivity index (χ1) is 13.2. The number of nitrogens with one attached hydrogen (secondary N) is 2. The zero-order chi connectivity index (χ0) is 18.6. The standard InChI is InChI=1S/C10H8N4S.C9H9N3/c11-10-12-9-8(15-10)7(13-14-9)6-4-2-1-3-5-6;10-9-6-8(11-12-9)7-4-2-1-3-5-7/h1-5H,(H3,11,12,13,14);1-6H,(H3,10,11,12). The number of benzene rings is 2. The summed E-state index contributed by atoms with van der Waals surface area (Å²) in [5, 5.41) is 14.3. The minimum atomic E-state index is 0.522. The zero-order valence-corrected chi connectivity index (χ0v) is 15.1. The van der Waals surface area contributed by atoms with Crippen molar-refractivity contribution in [2.75, 3.05) is 11.5 Å². The third-order valence-electron chi connectivity index (χ3n) is 3.87. The van der Waals surface area contributed by atoms with Crippen molar-refractivity contribution in [3.63, 3.8) is 0 Å². The van der Waals surface area contributed by atoms with Crippen molar-refractivity contribution in [3.05, 3.63) is 66.7 Å². The maximum absolute atomic E-state index is 5.64. The van der Waals surface area contributed by atoms with Gasteiger partial charge in [0.2, 0.25) is 0 Å². The molecule has 5 rings (SSSR count). The van der Waals surface area contributed by atoms with E-state index >= 15 is 0 Å². The summed E-state index contributed by atoms with van der Waals surface area (Å²) < 4.78 is 1.01. The number of fused-ring (bicyclic) bond motifs is 1. The van der Waals surface area contributed by atoms with Crippen LogP contribution < -0.4 is 11.5 Å². The van der Waals surface area contributed by atoms with Gasteiger partial charge in [-0.05, 0) is 5.56 Å². The lowest BCUT2D eigenvalue weighted by molar-refractivity contribution is 1.10. The molecule has 6 N–H and O–H groups in total. The molecule has 0 atom stereocenters. The maximum atomic E-state index is 5.64. The molecular formula is C19H17N7S. The van der Waals surface area contributed by atoms with Gasteiger partial charge in [-0.1, -0.05) is 72.0 Å². The minimum Gasteiger partial charge on any atom is -0.382 e. The number of rotatable bonds is 2. The average molecular weight is 375 g/mol. The second-order valence-corrected chi connectivity index (χ2v) is 6.77. The van der Waals surface area contributed by atoms with E-state index in [1.165, 1.54) is 11.3 Å². The summed E-state index contributed by atoms with van der Waals surface area (Å²) >= 11 is 1.45. The molecule has 0 spiro atoms. The third-order valence-corrected chi connectivity index (χ3v) is 4.76. The highest BCUT2D eigenvalue weighted by Crippen LogP contribution is 2.31. The lowest BCUT2D eigenvalue weighted by Gasteiger charge is -1.94. The Balaban J connectivity index is 0.000000137. The molecule has 0 saturated heterocycles. The molecule has 27 heavy (non-hydrogen) atoms. The quantitative estimate of drug-likeness (QED) is 0.372. The van der Waals surface area contributed by atoms with Crippen LogP contribution in [0.15, 0.2) is 66.7 Å². The number of anilines is 2. The lowest BCUT2D eigenvalue weighted by Crippen LogP contribution is -1.81. The predicted molar refractivity (Wildman–Crippen MR) is 110 cm³/mol. The van der Waals surface area contributed by atoms with Crippen LogP contribution in [0.5, 0.6) is 0 Å². The number of nitrogens with zero attached hydrogens (tertiary/aromatic N) is 3. The van der Waals surface area contributed by atoms with Crippen LogP contribution in [0.4, 0.5) is 10.9 Å². The Morgan fingerprint density at radius 1 is 0.778 bits per heavy atom. The van der Waals surface area contributed by atoms with Crippen LogP contribution in [0.2, 0.25) is 0 Å². The van der Waals surface area contributed by atoms with Crippen LogP contribution >= 0.6 is 11.3 Å². The molecule has 0 aliphatic carbocycles. The molecule has 0 amide bonds. The Bertz CT molecular complexity index is 1140. The Labute approximate surface area is 159 Å². The van der Waals surface area contributed by atoms with Gasteiger partial charge in [-0.25, -0.2) is 0 Å². The van der Waals surface area contributed by atoms with E-state index in [9.17, 15) is 0 Å². The van der Waals surface area contributed by atoms with Gasteiger partial charge < -0.3 is 11.5 Å². The van der Waals surface area contributed by atoms with Gasteiger partial charge in [0.25, 0.3) is 0 Å². The number of nitrogen functional groups attached to an aromatic ring is 2. The Hall–Kier alpha value is -3.65. The smallest absolute Gasteiger partial charge is 0.194 e. The van der Waals surface area contributed by atoms with Crippen LogP contribution in [0.25, 0.3) is 32.9 Å². The van der Waals surface area contributed by atoms with Crippen LogP contribution in [0, 0.1) is 0 Å². The molecule has 0 radical (unpaired) electrons. The second-order valence-electron chi connectivity index (χ2n) is 5.74. The minimum absolute atomic E-state index is 0.522. The van der Waals surface area contributed by atoms with Crippen molar-refractivity contribution in [2.45, 2.75) is 0 Å². The third kappa shape index (κ3) is 3.65. The van der Waals surface area contributed by atoms with Crippen LogP contribution in [-0.2, 0) is 0 Å². The monoisotopic (exact) mass is 375 g/mol. The molecule has 0 aliphatic rings. The van der Waals surface area contributed by atoms with Crippen molar-refractivity contribution >= 4 is 32.6 Å². The fourth-order valence-electron chi connectivity index (χ4n) is 2.63. The van der Waals surface area contributed by atoms with Crippen molar-refractivity contribution in [3.8, 4) is 22.5 Å². The molecule has 3 aromatic heterocycles. The summed E-state index contributed by atoms with van der Waals surface area (Å²) in [7, 11) is 0. The summed E-state index contributed by atoms with van der Waals surface area (Å²) in [5.41, 5.74) is 15.9. The molecule has 134 valence electrons. The molecule has 8 heteroatoms. The Kier molecular flexibility index (Phi) is 4.54. The summed E-state index contributed by atoms with van der Waals surface area (Å²) in [6.07, 6.45) is 0. The van der Waals surface area contributed by atoms with Gasteiger partial charge in [-0.3, -0.25) is 10.2 Å². The highest BCUT2D eigenvalue weighted by molar-refractivity contribution is 7.22. The van der Waals surface area contributed by atoms with E-state index in [1.54, 1.807) is 0 Å². The normalized spacial score (nSPS) is 10.5. The molecule has 3 heterocycles. The number of nitrogens with two attached hydrogens (primary N) is 2. The largest absolute Gasteiger partial charge is 0.382 e. The zero-order valence-electron chi connectivity index (χ0n) is 14.3. The number of hydrogen-bond donors (Lipinski definition) is 4. The molecule has 7 nitrogen and oxygen atoms in total. The van der Waals surface area contributed by atoms with E-state index < -0.39 is 0 Å². The number of thiazole rings is 1. The van der Waals surface area contributed by atoms with E-state index in [1.807, 2.05) is 66.7 Å². The van der Waals surface area contributed by atoms with Crippen LogP contribution in [-0.4, -0.2) is 25.4 Å². The Morgan fingerprint density at radius 2 is 1.44 bits per heavy atom. The van der Waals surface area contributed by atoms with Crippen LogP contribution in [0.3, 0.4) is 0 Å². The van der Waals surface area contributed by atoms with E-state index in [2.05, 4.69) is 25.4 Å². The van der Waals surface area contributed by atoms with E-state index in [-0.39, 0.29) is 0 Å². The summed E-state index contributed by atoms with van der Waals surface area (Å²) in [6, 6.07) is 21.8. The maximum Gasteiger partial charge on any atom is 0.194 e. The summed E-state index contributed by atoms with van der Waals surface area (Å²) in [4.78, 5) is 4.11. The molecule has 5 aromatic rings. The first-order valence-electron chi connectivity index (χ1n) is 8.23. The molecule has 0 aliphatic heterocycles. The number of H-pyrrole nitrogens is 2. The van der Waals surface area contributed by atoms with Gasteiger partial charge in [0, 0.05) is 11.6 Å². The van der Waals surface area contributed by atoms with Gasteiger partial charge in [0.15, 0.2) is 10.8 Å². The predicted octanol–water partition coefficient (Wildman–Crippen LogP) is 3.93. The van der Waals surface area contributed by atoms with Gasteiger partial charge in [0.1, 0.15) is 10.5 Å². The molecule has 0 unspecified atom stereocenters. The first kappa shape index (κ1) is 16.8. The van der Waals surface area contributed by atoms with E-state index in [0.29, 0.717) is 16.6 Å². The van der Waals surface area contributed by atoms with E-state index in [4.69, 9.17) is 11.5 Å². The summed E-state index contributed by atoms with van der Waals surface area (Å²) in [6.45, 7) is 0. The van der Waals surface area contributed by atoms with Crippen molar-refractivity contribution in [1.29, 1.82) is 0 Å². The molecule has 2 aromatic carbocycles. The fourth-order valence-corrected chi connectivity index (χ4v) is 3.42. The molecule has 0 saturated carbocycles. The average Bonchev–Trinajstić information content (AvgIpc) is 3.39. The van der Waals surface area contributed by atoms with Gasteiger partial charge in [-0.15, -0.1) is 0 Å². The topological polar surface area (TPSA) is 122 Å². The molecular weight excluding hydrogens is 358 g/mol. The highest BCUT2D eigenvalue weighted by Gasteiger charge is 2.11. The second kappa shape index (κ2) is 7.30. The van der Waals surface area contributed by atoms with Gasteiger partial charge in [-0.2, -0.15) is 15.2 Å². The Morgan fingerprint density at radius 3 is 2.07 bits per heavy atom. The fraction of sp³-hybridized carbons (Fsp3) is 0. The van der Waals surface area contributed by atoms with E-state index in [0.717, 1.165) is 27.2 Å². The summed E-state index contributed by atoms with van der Waals surface area (Å²) in [5.74, 6) is 0.522. The van der Waals surface area contributed by atoms with Crippen molar-refractivity contribution < 1.29 is 0 Å². The number of aromatic nitrogens is 5. The first-order valence-corrected chi connectivity index (χ1v) is 9.04. The van der Waals surface area contributed by atoms with Gasteiger partial charge >= 0.3 is 0 Å². The molecule has 0 fully saturated rings. The number of aromatic amines is 2. The van der Waals surface area contributed by atoms with Crippen molar-refractivity contribution in [2.24, 2.45) is 0 Å².